The summed E-state index contributed by atoms with van der Waals surface area (Å²) in [4.78, 5) is 17.9. The van der Waals surface area contributed by atoms with Crippen LogP contribution >= 0.6 is 11.6 Å². The number of carbonyl (C=O) groups is 1. The van der Waals surface area contributed by atoms with E-state index in [4.69, 9.17) is 16.6 Å². The molecule has 0 bridgehead atoms. The standard InChI is InChI=1S/C24H19ClN2O/c1-15-6-5-7-17(12-15)23-14-20(19-8-3-4-9-21(19)26-23)24(28)27-22-13-18(25)11-10-16(22)2/h3-14H,1-2H3,(H,27,28). The quantitative estimate of drug-likeness (QED) is 0.441. The average Bonchev–Trinajstić information content (AvgIpc) is 2.70. The van der Waals surface area contributed by atoms with Gasteiger partial charge in [-0.25, -0.2) is 4.98 Å². The summed E-state index contributed by atoms with van der Waals surface area (Å²) in [6.45, 7) is 3.98. The summed E-state index contributed by atoms with van der Waals surface area (Å²) >= 11 is 6.10. The molecule has 28 heavy (non-hydrogen) atoms. The molecule has 4 heteroatoms. The SMILES string of the molecule is Cc1cccc(-c2cc(C(=O)Nc3cc(Cl)ccc3C)c3ccccc3n2)c1. The van der Waals surface area contributed by atoms with E-state index in [2.05, 4.69) is 11.4 Å². The van der Waals surface area contributed by atoms with Crippen LogP contribution in [0.1, 0.15) is 21.5 Å². The van der Waals surface area contributed by atoms with Gasteiger partial charge in [0.25, 0.3) is 5.91 Å². The number of nitrogens with one attached hydrogen (secondary N) is 1. The number of halogens is 1. The number of rotatable bonds is 3. The highest BCUT2D eigenvalue weighted by molar-refractivity contribution is 6.31. The van der Waals surface area contributed by atoms with Crippen molar-refractivity contribution in [1.29, 1.82) is 0 Å². The highest BCUT2D eigenvalue weighted by atomic mass is 35.5. The second kappa shape index (κ2) is 7.45. The minimum atomic E-state index is -0.183. The lowest BCUT2D eigenvalue weighted by molar-refractivity contribution is 0.102. The van der Waals surface area contributed by atoms with Crippen molar-refractivity contribution in [2.45, 2.75) is 13.8 Å². The van der Waals surface area contributed by atoms with Crippen molar-refractivity contribution >= 4 is 34.1 Å². The molecule has 0 saturated heterocycles. The minimum absolute atomic E-state index is 0.183. The van der Waals surface area contributed by atoms with Gasteiger partial charge in [-0.1, -0.05) is 59.6 Å². The van der Waals surface area contributed by atoms with Crippen molar-refractivity contribution in [1.82, 2.24) is 4.98 Å². The molecule has 0 atom stereocenters. The summed E-state index contributed by atoms with van der Waals surface area (Å²) in [6, 6.07) is 23.1. The first kappa shape index (κ1) is 18.2. The molecule has 0 aliphatic rings. The van der Waals surface area contributed by atoms with Gasteiger partial charge >= 0.3 is 0 Å². The summed E-state index contributed by atoms with van der Waals surface area (Å²) in [7, 11) is 0. The van der Waals surface area contributed by atoms with Crippen LogP contribution in [0.2, 0.25) is 5.02 Å². The van der Waals surface area contributed by atoms with Gasteiger partial charge in [0, 0.05) is 21.7 Å². The maximum Gasteiger partial charge on any atom is 0.256 e. The molecule has 138 valence electrons. The van der Waals surface area contributed by atoms with Gasteiger partial charge in [0.05, 0.1) is 16.8 Å². The van der Waals surface area contributed by atoms with Crippen LogP contribution in [0.5, 0.6) is 0 Å². The molecule has 0 unspecified atom stereocenters. The van der Waals surface area contributed by atoms with Crippen molar-refractivity contribution in [2.75, 3.05) is 5.32 Å². The van der Waals surface area contributed by atoms with Gasteiger partial charge in [0.1, 0.15) is 0 Å². The summed E-state index contributed by atoms with van der Waals surface area (Å²) in [6.07, 6.45) is 0. The Morgan fingerprint density at radius 2 is 1.75 bits per heavy atom. The number of pyridine rings is 1. The average molecular weight is 387 g/mol. The van der Waals surface area contributed by atoms with Crippen LogP contribution in [0.4, 0.5) is 5.69 Å². The van der Waals surface area contributed by atoms with E-state index >= 15 is 0 Å². The molecule has 0 aliphatic carbocycles. The smallest absolute Gasteiger partial charge is 0.256 e. The highest BCUT2D eigenvalue weighted by Crippen LogP contribution is 2.27. The lowest BCUT2D eigenvalue weighted by Gasteiger charge is -2.12. The van der Waals surface area contributed by atoms with Gasteiger partial charge < -0.3 is 5.32 Å². The maximum absolute atomic E-state index is 13.2. The molecule has 0 fully saturated rings. The number of hydrogen-bond donors (Lipinski definition) is 1. The van der Waals surface area contributed by atoms with Gasteiger partial charge in [0.15, 0.2) is 0 Å². The Labute approximate surface area is 169 Å². The van der Waals surface area contributed by atoms with E-state index in [1.807, 2.05) is 74.5 Å². The number of anilines is 1. The van der Waals surface area contributed by atoms with Crippen molar-refractivity contribution in [3.63, 3.8) is 0 Å². The molecule has 1 aromatic heterocycles. The van der Waals surface area contributed by atoms with E-state index in [0.717, 1.165) is 33.3 Å². The second-order valence-electron chi connectivity index (χ2n) is 6.86. The molecule has 1 N–H and O–H groups in total. The number of hydrogen-bond acceptors (Lipinski definition) is 2. The topological polar surface area (TPSA) is 42.0 Å². The Kier molecular flexibility index (Phi) is 4.84. The van der Waals surface area contributed by atoms with Gasteiger partial charge in [-0.15, -0.1) is 0 Å². The van der Waals surface area contributed by atoms with Gasteiger partial charge in [0.2, 0.25) is 0 Å². The van der Waals surface area contributed by atoms with E-state index < -0.39 is 0 Å². The van der Waals surface area contributed by atoms with Crippen LogP contribution in [0.3, 0.4) is 0 Å². The first-order valence-corrected chi connectivity index (χ1v) is 9.43. The van der Waals surface area contributed by atoms with Crippen molar-refractivity contribution in [3.05, 3.63) is 94.5 Å². The molecule has 0 spiro atoms. The second-order valence-corrected chi connectivity index (χ2v) is 7.29. The summed E-state index contributed by atoms with van der Waals surface area (Å²) < 4.78 is 0. The van der Waals surface area contributed by atoms with Crippen molar-refractivity contribution < 1.29 is 4.79 Å². The molecule has 0 aliphatic heterocycles. The zero-order chi connectivity index (χ0) is 19.7. The minimum Gasteiger partial charge on any atom is -0.322 e. The number of benzene rings is 3. The van der Waals surface area contributed by atoms with Gasteiger partial charge in [-0.3, -0.25) is 4.79 Å². The molecule has 0 radical (unpaired) electrons. The fourth-order valence-electron chi connectivity index (χ4n) is 3.23. The van der Waals surface area contributed by atoms with E-state index in [1.165, 1.54) is 0 Å². The van der Waals surface area contributed by atoms with Gasteiger partial charge in [-0.05, 0) is 49.7 Å². The Balaban J connectivity index is 1.83. The van der Waals surface area contributed by atoms with Crippen molar-refractivity contribution in [3.8, 4) is 11.3 Å². The van der Waals surface area contributed by atoms with Crippen LogP contribution in [-0.4, -0.2) is 10.9 Å². The third-order valence-corrected chi connectivity index (χ3v) is 4.96. The predicted molar refractivity (Wildman–Crippen MR) is 116 cm³/mol. The Bertz CT molecular complexity index is 1200. The number of nitrogens with zero attached hydrogens (tertiary/aromatic N) is 1. The largest absolute Gasteiger partial charge is 0.322 e. The number of amides is 1. The molecule has 1 heterocycles. The van der Waals surface area contributed by atoms with E-state index in [1.54, 1.807) is 6.07 Å². The van der Waals surface area contributed by atoms with E-state index in [0.29, 0.717) is 16.3 Å². The molecule has 4 aromatic rings. The molecular formula is C24H19ClN2O. The number of carbonyl (C=O) groups excluding carboxylic acids is 1. The lowest BCUT2D eigenvalue weighted by atomic mass is 10.0. The molecule has 4 rings (SSSR count). The third kappa shape index (κ3) is 3.62. The van der Waals surface area contributed by atoms with E-state index in [-0.39, 0.29) is 5.91 Å². The predicted octanol–water partition coefficient (Wildman–Crippen LogP) is 6.42. The number of aromatic nitrogens is 1. The Morgan fingerprint density at radius 1 is 0.929 bits per heavy atom. The maximum atomic E-state index is 13.2. The zero-order valence-corrected chi connectivity index (χ0v) is 16.4. The molecule has 3 aromatic carbocycles. The number of aryl methyl sites for hydroxylation is 2. The lowest BCUT2D eigenvalue weighted by Crippen LogP contribution is -2.14. The normalized spacial score (nSPS) is 10.8. The molecule has 0 saturated carbocycles. The highest BCUT2D eigenvalue weighted by Gasteiger charge is 2.15. The summed E-state index contributed by atoms with van der Waals surface area (Å²) in [5.74, 6) is -0.183. The van der Waals surface area contributed by atoms with Crippen LogP contribution in [-0.2, 0) is 0 Å². The van der Waals surface area contributed by atoms with Crippen LogP contribution < -0.4 is 5.32 Å². The fraction of sp³-hybridized carbons (Fsp3) is 0.0833. The van der Waals surface area contributed by atoms with Crippen LogP contribution in [0.15, 0.2) is 72.8 Å². The van der Waals surface area contributed by atoms with E-state index in [9.17, 15) is 4.79 Å². The monoisotopic (exact) mass is 386 g/mol. The zero-order valence-electron chi connectivity index (χ0n) is 15.7. The first-order chi connectivity index (χ1) is 13.5. The van der Waals surface area contributed by atoms with Crippen molar-refractivity contribution in [2.24, 2.45) is 0 Å². The molecule has 3 nitrogen and oxygen atoms in total. The number of para-hydroxylation sites is 1. The summed E-state index contributed by atoms with van der Waals surface area (Å²) in [5, 5.41) is 4.40. The molecular weight excluding hydrogens is 368 g/mol. The number of fused-ring (bicyclic) bond motifs is 1. The first-order valence-electron chi connectivity index (χ1n) is 9.05. The van der Waals surface area contributed by atoms with Gasteiger partial charge in [-0.2, -0.15) is 0 Å². The fourth-order valence-corrected chi connectivity index (χ4v) is 3.41. The molecule has 1 amide bonds. The Hall–Kier alpha value is -3.17. The van der Waals surface area contributed by atoms with Crippen LogP contribution in [0.25, 0.3) is 22.2 Å². The Morgan fingerprint density at radius 3 is 2.57 bits per heavy atom. The van der Waals surface area contributed by atoms with Crippen LogP contribution in [0, 0.1) is 13.8 Å². The summed E-state index contributed by atoms with van der Waals surface area (Å²) in [5.41, 5.74) is 5.93. The third-order valence-electron chi connectivity index (χ3n) is 4.72.